The molecule has 0 spiro atoms. The summed E-state index contributed by atoms with van der Waals surface area (Å²) in [5.41, 5.74) is 0.722. The number of esters is 2. The van der Waals surface area contributed by atoms with Crippen molar-refractivity contribution in [2.24, 2.45) is 0 Å². The molecule has 0 radical (unpaired) electrons. The van der Waals surface area contributed by atoms with Gasteiger partial charge < -0.3 is 20.1 Å². The summed E-state index contributed by atoms with van der Waals surface area (Å²) < 4.78 is 10.2. The highest BCUT2D eigenvalue weighted by Crippen LogP contribution is 2.02. The van der Waals surface area contributed by atoms with E-state index in [1.165, 1.54) is 0 Å². The van der Waals surface area contributed by atoms with Gasteiger partial charge in [0.2, 0.25) is 11.8 Å². The Morgan fingerprint density at radius 1 is 0.769 bits per heavy atom. The number of carbonyl (C=O) groups excluding carboxylic acids is 4. The summed E-state index contributed by atoms with van der Waals surface area (Å²) in [6.07, 6.45) is -1.33. The van der Waals surface area contributed by atoms with Crippen molar-refractivity contribution >= 4 is 23.8 Å². The van der Waals surface area contributed by atoms with Crippen molar-refractivity contribution in [2.45, 2.75) is 52.7 Å². The molecule has 2 atom stereocenters. The summed E-state index contributed by atoms with van der Waals surface area (Å²) in [6, 6.07) is 0. The van der Waals surface area contributed by atoms with Gasteiger partial charge in [0, 0.05) is 11.1 Å². The lowest BCUT2D eigenvalue weighted by atomic mass is 10.3. The molecule has 0 rings (SSSR count). The van der Waals surface area contributed by atoms with Gasteiger partial charge in [-0.2, -0.15) is 0 Å². The Balaban J connectivity index is 4.01. The molecule has 0 bridgehead atoms. The number of hydrogen-bond donors (Lipinski definition) is 2. The minimum absolute atomic E-state index is 0.136. The second-order valence-electron chi connectivity index (χ2n) is 6.08. The fraction of sp³-hybridized carbons (Fsp3) is 0.556. The Morgan fingerprint density at radius 2 is 1.08 bits per heavy atom. The first-order valence-corrected chi connectivity index (χ1v) is 8.29. The molecule has 0 saturated heterocycles. The topological polar surface area (TPSA) is 111 Å². The van der Waals surface area contributed by atoms with Gasteiger partial charge in [-0.15, -0.1) is 0 Å². The average molecular weight is 368 g/mol. The minimum Gasteiger partial charge on any atom is -0.461 e. The zero-order chi connectivity index (χ0) is 20.3. The predicted molar refractivity (Wildman–Crippen MR) is 96.0 cm³/mol. The SMILES string of the molecule is C=C(C)C(=O)NCC(C)OC(=O)CCC(=O)OC(C)CNC(=O)C(=C)C. The van der Waals surface area contributed by atoms with Crippen LogP contribution >= 0.6 is 0 Å². The molecule has 0 aliphatic carbocycles. The van der Waals surface area contributed by atoms with Gasteiger partial charge in [-0.05, 0) is 27.7 Å². The maximum atomic E-state index is 11.7. The van der Waals surface area contributed by atoms with Crippen LogP contribution in [0.4, 0.5) is 0 Å². The molecular weight excluding hydrogens is 340 g/mol. The first-order valence-electron chi connectivity index (χ1n) is 8.29. The predicted octanol–water partition coefficient (Wildman–Crippen LogP) is 1.01. The molecule has 8 nitrogen and oxygen atoms in total. The van der Waals surface area contributed by atoms with Crippen molar-refractivity contribution < 1.29 is 28.7 Å². The van der Waals surface area contributed by atoms with Crippen LogP contribution in [0.25, 0.3) is 0 Å². The van der Waals surface area contributed by atoms with Crippen LogP contribution in [-0.2, 0) is 28.7 Å². The van der Waals surface area contributed by atoms with Crippen LogP contribution in [-0.4, -0.2) is 49.1 Å². The highest BCUT2D eigenvalue weighted by atomic mass is 16.5. The van der Waals surface area contributed by atoms with E-state index in [9.17, 15) is 19.2 Å². The number of carbonyl (C=O) groups is 4. The Morgan fingerprint density at radius 3 is 1.35 bits per heavy atom. The molecule has 26 heavy (non-hydrogen) atoms. The summed E-state index contributed by atoms with van der Waals surface area (Å²) >= 11 is 0. The van der Waals surface area contributed by atoms with Crippen molar-refractivity contribution in [3.8, 4) is 0 Å². The lowest BCUT2D eigenvalue weighted by Crippen LogP contribution is -2.34. The van der Waals surface area contributed by atoms with Crippen molar-refractivity contribution in [2.75, 3.05) is 13.1 Å². The molecule has 0 aliphatic rings. The Bertz CT molecular complexity index is 520. The summed E-state index contributed by atoms with van der Waals surface area (Å²) in [5.74, 6) is -1.77. The molecule has 0 fully saturated rings. The molecule has 0 aromatic heterocycles. The highest BCUT2D eigenvalue weighted by Gasteiger charge is 2.16. The number of hydrogen-bond acceptors (Lipinski definition) is 6. The van der Waals surface area contributed by atoms with E-state index >= 15 is 0 Å². The molecule has 0 aromatic carbocycles. The van der Waals surface area contributed by atoms with Gasteiger partial charge in [-0.1, -0.05) is 13.2 Å². The van der Waals surface area contributed by atoms with Crippen LogP contribution in [0.15, 0.2) is 24.3 Å². The van der Waals surface area contributed by atoms with Gasteiger partial charge in [-0.25, -0.2) is 0 Å². The maximum absolute atomic E-state index is 11.7. The van der Waals surface area contributed by atoms with Crippen LogP contribution < -0.4 is 10.6 Å². The molecular formula is C18H28N2O6. The van der Waals surface area contributed by atoms with Gasteiger partial charge in [-0.3, -0.25) is 19.2 Å². The van der Waals surface area contributed by atoms with Gasteiger partial charge >= 0.3 is 11.9 Å². The second kappa shape index (κ2) is 11.8. The number of rotatable bonds is 11. The van der Waals surface area contributed by atoms with Crippen LogP contribution in [0.3, 0.4) is 0 Å². The molecule has 2 unspecified atom stereocenters. The number of ether oxygens (including phenoxy) is 2. The summed E-state index contributed by atoms with van der Waals surface area (Å²) in [6.45, 7) is 13.7. The van der Waals surface area contributed by atoms with E-state index in [-0.39, 0.29) is 37.7 Å². The van der Waals surface area contributed by atoms with Crippen molar-refractivity contribution in [3.05, 3.63) is 24.3 Å². The normalized spacial score (nSPS) is 12.3. The first kappa shape index (κ1) is 23.4. The smallest absolute Gasteiger partial charge is 0.306 e. The third kappa shape index (κ3) is 11.0. The Hall–Kier alpha value is -2.64. The quantitative estimate of drug-likeness (QED) is 0.416. The van der Waals surface area contributed by atoms with Crippen molar-refractivity contribution in [1.29, 1.82) is 0 Å². The van der Waals surface area contributed by atoms with E-state index < -0.39 is 24.1 Å². The molecule has 2 N–H and O–H groups in total. The van der Waals surface area contributed by atoms with Gasteiger partial charge in [0.1, 0.15) is 12.2 Å². The van der Waals surface area contributed by atoms with E-state index in [1.807, 2.05) is 0 Å². The lowest BCUT2D eigenvalue weighted by molar-refractivity contribution is -0.155. The van der Waals surface area contributed by atoms with Crippen LogP contribution in [0, 0.1) is 0 Å². The van der Waals surface area contributed by atoms with Gasteiger partial charge in [0.15, 0.2) is 0 Å². The van der Waals surface area contributed by atoms with E-state index in [2.05, 4.69) is 23.8 Å². The Kier molecular flexibility index (Phi) is 10.6. The monoisotopic (exact) mass is 368 g/mol. The van der Waals surface area contributed by atoms with Crippen LogP contribution in [0.2, 0.25) is 0 Å². The molecule has 8 heteroatoms. The molecule has 0 aliphatic heterocycles. The van der Waals surface area contributed by atoms with E-state index in [0.717, 1.165) is 0 Å². The maximum Gasteiger partial charge on any atom is 0.306 e. The molecule has 0 saturated carbocycles. The molecule has 0 aromatic rings. The fourth-order valence-corrected chi connectivity index (χ4v) is 1.63. The van der Waals surface area contributed by atoms with E-state index in [4.69, 9.17) is 9.47 Å². The summed E-state index contributed by atoms with van der Waals surface area (Å²) in [5, 5.41) is 5.12. The fourth-order valence-electron chi connectivity index (χ4n) is 1.63. The van der Waals surface area contributed by atoms with Crippen molar-refractivity contribution in [3.63, 3.8) is 0 Å². The minimum atomic E-state index is -0.567. The third-order valence-corrected chi connectivity index (χ3v) is 3.07. The number of nitrogens with one attached hydrogen (secondary N) is 2. The zero-order valence-corrected chi connectivity index (χ0v) is 15.8. The van der Waals surface area contributed by atoms with Crippen LogP contribution in [0.5, 0.6) is 0 Å². The van der Waals surface area contributed by atoms with Crippen molar-refractivity contribution in [1.82, 2.24) is 10.6 Å². The standard InChI is InChI=1S/C18H28N2O6/c1-11(2)17(23)19-9-13(5)25-15(21)7-8-16(22)26-14(6)10-20-18(24)12(3)4/h13-14H,1,3,7-10H2,2,4-6H3,(H,19,23)(H,20,24). The first-order chi connectivity index (χ1) is 12.0. The average Bonchev–Trinajstić information content (AvgIpc) is 2.55. The third-order valence-electron chi connectivity index (χ3n) is 3.07. The van der Waals surface area contributed by atoms with E-state index in [1.54, 1.807) is 27.7 Å². The highest BCUT2D eigenvalue weighted by molar-refractivity contribution is 5.92. The van der Waals surface area contributed by atoms with Crippen LogP contribution in [0.1, 0.15) is 40.5 Å². The second-order valence-corrected chi connectivity index (χ2v) is 6.08. The Labute approximate surface area is 154 Å². The molecule has 0 heterocycles. The van der Waals surface area contributed by atoms with Gasteiger partial charge in [0.25, 0.3) is 0 Å². The molecule has 2 amide bonds. The van der Waals surface area contributed by atoms with Gasteiger partial charge in [0.05, 0.1) is 25.9 Å². The zero-order valence-electron chi connectivity index (χ0n) is 15.8. The summed E-state index contributed by atoms with van der Waals surface area (Å²) in [4.78, 5) is 46.1. The number of amides is 2. The van der Waals surface area contributed by atoms with E-state index in [0.29, 0.717) is 11.1 Å². The molecule has 146 valence electrons. The summed E-state index contributed by atoms with van der Waals surface area (Å²) in [7, 11) is 0. The lowest BCUT2D eigenvalue weighted by Gasteiger charge is -2.15. The largest absolute Gasteiger partial charge is 0.461 e.